The van der Waals surface area contributed by atoms with E-state index in [2.05, 4.69) is 73.2 Å². The van der Waals surface area contributed by atoms with Crippen LogP contribution in [0.5, 0.6) is 0 Å². The summed E-state index contributed by atoms with van der Waals surface area (Å²) in [6.45, 7) is 17.1. The molecule has 0 aromatic rings. The molecule has 0 aliphatic rings. The van der Waals surface area contributed by atoms with Crippen molar-refractivity contribution in [2.24, 2.45) is 35.1 Å². The first kappa shape index (κ1) is 120. The number of unbranched alkanes of at least 4 members (excludes halogenated alkanes) is 8. The van der Waals surface area contributed by atoms with Gasteiger partial charge in [-0.15, -0.1) is 0 Å². The van der Waals surface area contributed by atoms with Crippen molar-refractivity contribution in [3.63, 3.8) is 0 Å². The number of amides is 5. The summed E-state index contributed by atoms with van der Waals surface area (Å²) in [6.07, 6.45) is 16.0. The highest BCUT2D eigenvalue weighted by atomic mass is 32.2. The van der Waals surface area contributed by atoms with Crippen LogP contribution in [0.25, 0.3) is 0 Å². The van der Waals surface area contributed by atoms with E-state index in [-0.39, 0.29) is 107 Å². The molecule has 0 aromatic carbocycles. The Bertz CT molecular complexity index is 2240. The maximum Gasteiger partial charge on any atom is 0.407 e. The molecule has 40 heteroatoms. The van der Waals surface area contributed by atoms with Crippen LogP contribution in [0.2, 0.25) is 0 Å². The number of hydrogen-bond donors (Lipinski definition) is 15. The standard InChI is InChI=1S/C15H28N2O10.2C14H28N2O3.C8H15NO5.2C5H10O3.2C5H10O2S/c1-22-3-5-24-7-9-26-14(20)16-11-12(13(18)19)17-15(21)27-10-8-25-6-4-23-2;2*1-3-5-7-9-11(15)13(17)16-12(14(18)19)10-8-6-4-2;1-13-4-3-7(10)9-6(5-14-2)8(11)12;4*1-4(3-8-2)5(6)7/h12H,3-11H2,1-2H3,(H,16,20)(H,17,21)(H,18,19);2*11-12H,3-10,15H2,1-2H3,(H,16,17)(H,18,19);6H,3-5H2,1-2H3,(H,9,10)(H,11,12);4*4H,3H2,1-2H3,(H,6,7). The van der Waals surface area contributed by atoms with Gasteiger partial charge in [-0.05, 0) is 52.0 Å². The van der Waals surface area contributed by atoms with Gasteiger partial charge in [0.2, 0.25) is 17.7 Å². The summed E-state index contributed by atoms with van der Waals surface area (Å²) in [4.78, 5) is 142. The van der Waals surface area contributed by atoms with Gasteiger partial charge in [-0.1, -0.05) is 119 Å². The molecule has 0 bridgehead atoms. The van der Waals surface area contributed by atoms with Gasteiger partial charge in [0, 0.05) is 60.6 Å². The van der Waals surface area contributed by atoms with Gasteiger partial charge in [-0.3, -0.25) is 33.6 Å². The summed E-state index contributed by atoms with van der Waals surface area (Å²) < 4.78 is 47.8. The number of ether oxygens (including phenoxy) is 10. The van der Waals surface area contributed by atoms with Gasteiger partial charge in [0.1, 0.15) is 31.3 Å². The first-order valence-electron chi connectivity index (χ1n) is 36.5. The van der Waals surface area contributed by atoms with Crippen molar-refractivity contribution in [3.8, 4) is 0 Å². The van der Waals surface area contributed by atoms with Crippen molar-refractivity contribution in [1.82, 2.24) is 26.6 Å². The third kappa shape index (κ3) is 88.4. The molecule has 0 saturated carbocycles. The van der Waals surface area contributed by atoms with E-state index in [9.17, 15) is 62.3 Å². The molecule has 0 radical (unpaired) electrons. The SMILES string of the molecule is CCCCCC(N)C(=O)NC(CCCCC)C(=O)O.CCCCCC(N)C(=O)NC(CCCCC)C(=O)O.COCC(C)C(=O)O.COCC(C)C(=O)O.COCCC(=O)NC(COC)C(=O)O.COCCOCCOC(=O)NCC(NC(=O)OCCOCCOC)C(=O)O.CSCC(C)C(=O)O.CSCC(C)C(=O)O. The number of rotatable bonds is 57. The van der Waals surface area contributed by atoms with Crippen LogP contribution >= 0.6 is 23.5 Å². The molecule has 38 nitrogen and oxygen atoms in total. The quantitative estimate of drug-likeness (QED) is 0.0339. The molecule has 17 N–H and O–H groups in total. The second kappa shape index (κ2) is 87.0. The van der Waals surface area contributed by atoms with E-state index >= 15 is 0 Å². The second-order valence-electron chi connectivity index (χ2n) is 24.3. The predicted octanol–water partition coefficient (Wildman–Crippen LogP) is 5.39. The van der Waals surface area contributed by atoms with E-state index in [1.54, 1.807) is 51.2 Å². The van der Waals surface area contributed by atoms with Gasteiger partial charge in [0.05, 0.1) is 108 Å². The van der Waals surface area contributed by atoms with Gasteiger partial charge in [0.25, 0.3) is 0 Å². The number of thioether (sulfide) groups is 2. The van der Waals surface area contributed by atoms with Crippen LogP contribution in [0.1, 0.15) is 165 Å². The van der Waals surface area contributed by atoms with Crippen LogP contribution in [0.3, 0.4) is 0 Å². The monoisotopic (exact) mass is 1650 g/mol. The van der Waals surface area contributed by atoms with Gasteiger partial charge in [-0.2, -0.15) is 23.5 Å². The molecule has 0 aromatic heterocycles. The van der Waals surface area contributed by atoms with Crippen molar-refractivity contribution in [2.45, 2.75) is 201 Å². The van der Waals surface area contributed by atoms with E-state index in [1.807, 2.05) is 12.5 Å². The molecule has 0 heterocycles. The van der Waals surface area contributed by atoms with Gasteiger partial charge < -0.3 is 126 Å². The molecule has 656 valence electrons. The number of hydrogen-bond acceptors (Lipinski definition) is 27. The van der Waals surface area contributed by atoms with E-state index in [0.717, 1.165) is 77.0 Å². The Morgan fingerprint density at radius 2 is 0.658 bits per heavy atom. The van der Waals surface area contributed by atoms with Crippen LogP contribution in [-0.4, -0.2) is 307 Å². The van der Waals surface area contributed by atoms with E-state index < -0.39 is 96.2 Å². The molecule has 0 saturated heterocycles. The fraction of sp³-hybridized carbons (Fsp3) is 0.817. The molecule has 111 heavy (non-hydrogen) atoms. The van der Waals surface area contributed by atoms with E-state index in [1.165, 1.54) is 42.7 Å². The molecule has 10 atom stereocenters. The van der Waals surface area contributed by atoms with Gasteiger partial charge in [0.15, 0.2) is 6.04 Å². The number of carbonyl (C=O) groups is 13. The number of nitrogens with two attached hydrogens (primary N) is 2. The Balaban J connectivity index is -0.000000190. The Labute approximate surface area is 664 Å². The zero-order valence-electron chi connectivity index (χ0n) is 68.3. The number of nitrogens with one attached hydrogen (secondary N) is 5. The Morgan fingerprint density at radius 1 is 0.342 bits per heavy atom. The van der Waals surface area contributed by atoms with Crippen molar-refractivity contribution < 1.29 is 151 Å². The van der Waals surface area contributed by atoms with Crippen molar-refractivity contribution in [1.29, 1.82) is 0 Å². The zero-order valence-corrected chi connectivity index (χ0v) is 70.0. The highest BCUT2D eigenvalue weighted by Gasteiger charge is 2.26. The molecule has 0 aliphatic heterocycles. The third-order valence-corrected chi connectivity index (χ3v) is 15.7. The summed E-state index contributed by atoms with van der Waals surface area (Å²) in [5.41, 5.74) is 11.5. The minimum Gasteiger partial charge on any atom is -0.481 e. The maximum absolute atomic E-state index is 11.8. The minimum absolute atomic E-state index is 0.00811. The number of carboxylic acid groups (broad SMARTS) is 8. The summed E-state index contributed by atoms with van der Waals surface area (Å²) in [6, 6.07) is -5.19. The summed E-state index contributed by atoms with van der Waals surface area (Å²) in [5.74, 6) is -8.30. The van der Waals surface area contributed by atoms with E-state index in [4.69, 9.17) is 80.7 Å². The maximum atomic E-state index is 11.8. The number of aliphatic carboxylic acids is 8. The van der Waals surface area contributed by atoms with E-state index in [0.29, 0.717) is 63.6 Å². The lowest BCUT2D eigenvalue weighted by Gasteiger charge is -2.17. The Kier molecular flexibility index (Phi) is 93.8. The second-order valence-corrected chi connectivity index (χ2v) is 26.1. The zero-order chi connectivity index (χ0) is 86.9. The van der Waals surface area contributed by atoms with Crippen molar-refractivity contribution >= 4 is 101 Å². The average Bonchev–Trinajstić information content (AvgIpc) is 0.931. The Hall–Kier alpha value is -6.99. The van der Waals surface area contributed by atoms with Gasteiger partial charge in [-0.25, -0.2) is 28.8 Å². The van der Waals surface area contributed by atoms with Crippen LogP contribution < -0.4 is 38.1 Å². The lowest BCUT2D eigenvalue weighted by molar-refractivity contribution is -0.143. The topological polar surface area (TPSA) is 588 Å². The smallest absolute Gasteiger partial charge is 0.407 e. The fourth-order valence-corrected chi connectivity index (χ4v) is 8.63. The molecule has 0 aliphatic carbocycles. The number of alkyl carbamates (subject to hydrolysis) is 2. The normalized spacial score (nSPS) is 12.9. The van der Waals surface area contributed by atoms with Crippen LogP contribution in [0.4, 0.5) is 9.59 Å². The molecule has 0 rings (SSSR count). The lowest BCUT2D eigenvalue weighted by Crippen LogP contribution is -2.48. The van der Waals surface area contributed by atoms with Crippen LogP contribution in [0.15, 0.2) is 0 Å². The van der Waals surface area contributed by atoms with Crippen LogP contribution in [-0.2, 0) is 100 Å². The third-order valence-electron chi connectivity index (χ3n) is 14.0. The first-order valence-corrected chi connectivity index (χ1v) is 39.3. The molecular weight excluding hydrogens is 1510 g/mol. The summed E-state index contributed by atoms with van der Waals surface area (Å²) >= 11 is 3.11. The highest BCUT2D eigenvalue weighted by molar-refractivity contribution is 7.98. The summed E-state index contributed by atoms with van der Waals surface area (Å²) in [5, 5.41) is 80.6. The van der Waals surface area contributed by atoms with Crippen LogP contribution in [0, 0.1) is 23.7 Å². The highest BCUT2D eigenvalue weighted by Crippen LogP contribution is 2.09. The lowest BCUT2D eigenvalue weighted by atomic mass is 10.1. The molecule has 5 amide bonds. The molecular formula is C71H139N7O31S2. The van der Waals surface area contributed by atoms with Crippen molar-refractivity contribution in [2.75, 3.05) is 153 Å². The minimum atomic E-state index is -1.38. The van der Waals surface area contributed by atoms with Crippen molar-refractivity contribution in [3.05, 3.63) is 0 Å². The predicted molar refractivity (Wildman–Crippen MR) is 418 cm³/mol. The number of methoxy groups -OCH3 is 6. The first-order chi connectivity index (χ1) is 52.4. The Morgan fingerprint density at radius 3 is 0.928 bits per heavy atom. The largest absolute Gasteiger partial charge is 0.481 e. The molecule has 10 unspecified atom stereocenters. The molecule has 0 spiro atoms. The number of carboxylic acids is 8. The number of carbonyl (C=O) groups excluding carboxylic acids is 5. The molecule has 0 fully saturated rings. The summed E-state index contributed by atoms with van der Waals surface area (Å²) in [7, 11) is 8.88. The average molecular weight is 1650 g/mol. The van der Waals surface area contributed by atoms with Gasteiger partial charge >= 0.3 is 59.9 Å². The fourth-order valence-electron chi connectivity index (χ4n) is 7.34.